The molecule has 0 aliphatic heterocycles. The molecule has 0 saturated carbocycles. The minimum Gasteiger partial charge on any atom is -0.321 e. The van der Waals surface area contributed by atoms with Crippen LogP contribution in [-0.4, -0.2) is 28.9 Å². The maximum Gasteiger partial charge on any atom is 0.316 e. The Kier molecular flexibility index (Phi) is 5.53. The molecule has 0 bridgehead atoms. The van der Waals surface area contributed by atoms with Crippen molar-refractivity contribution in [3.63, 3.8) is 0 Å². The first-order valence-electron chi connectivity index (χ1n) is 5.48. The van der Waals surface area contributed by atoms with Crippen LogP contribution in [0, 0.1) is 10.1 Å². The highest BCUT2D eigenvalue weighted by atomic mass is 32.2. The summed E-state index contributed by atoms with van der Waals surface area (Å²) in [7, 11) is 0. The van der Waals surface area contributed by atoms with E-state index in [1.165, 1.54) is 6.07 Å². The summed E-state index contributed by atoms with van der Waals surface area (Å²) in [4.78, 5) is 20.9. The molecule has 1 amide bonds. The number of nitro benzene ring substituents is 1. The van der Waals surface area contributed by atoms with Crippen LogP contribution in [0.4, 0.5) is 28.9 Å². The summed E-state index contributed by atoms with van der Waals surface area (Å²) in [5.41, 5.74) is -0.604. The molecule has 0 aliphatic rings. The first-order valence-corrected chi connectivity index (χ1v) is 6.47. The number of nitrogens with one attached hydrogen (secondary N) is 1. The molecule has 0 fully saturated rings. The van der Waals surface area contributed by atoms with Crippen LogP contribution in [0.1, 0.15) is 6.92 Å². The number of hydrogen-bond donors (Lipinski definition) is 1. The number of nitro groups is 1. The van der Waals surface area contributed by atoms with Crippen LogP contribution in [0.3, 0.4) is 0 Å². The summed E-state index contributed by atoms with van der Waals surface area (Å²) in [6.07, 6.45) is -3.81. The van der Waals surface area contributed by atoms with E-state index in [-0.39, 0.29) is 10.6 Å². The lowest BCUT2D eigenvalue weighted by atomic mass is 10.2. The fraction of sp³-hybridized carbons (Fsp3) is 0.364. The van der Waals surface area contributed by atoms with Crippen molar-refractivity contribution in [1.29, 1.82) is 0 Å². The molecule has 10 heteroatoms. The van der Waals surface area contributed by atoms with Crippen molar-refractivity contribution in [2.24, 2.45) is 0 Å². The second-order valence-electron chi connectivity index (χ2n) is 3.97. The highest BCUT2D eigenvalue weighted by molar-refractivity contribution is 7.99. The molecule has 5 nitrogen and oxygen atoms in total. The van der Waals surface area contributed by atoms with Crippen molar-refractivity contribution in [1.82, 2.24) is 0 Å². The lowest BCUT2D eigenvalue weighted by molar-refractivity contribution is -0.384. The Morgan fingerprint density at radius 2 is 2.10 bits per heavy atom. The van der Waals surface area contributed by atoms with Gasteiger partial charge in [0.05, 0.1) is 10.7 Å². The van der Waals surface area contributed by atoms with Gasteiger partial charge in [-0.1, -0.05) is 0 Å². The van der Waals surface area contributed by atoms with Gasteiger partial charge >= 0.3 is 12.3 Å². The van der Waals surface area contributed by atoms with E-state index in [0.29, 0.717) is 11.8 Å². The zero-order valence-electron chi connectivity index (χ0n) is 10.6. The van der Waals surface area contributed by atoms with Crippen LogP contribution >= 0.6 is 11.8 Å². The van der Waals surface area contributed by atoms with Gasteiger partial charge in [-0.3, -0.25) is 14.9 Å². The summed E-state index contributed by atoms with van der Waals surface area (Å²) >= 11 is 0.368. The molecule has 1 aromatic carbocycles. The Morgan fingerprint density at radius 1 is 1.48 bits per heavy atom. The zero-order valence-corrected chi connectivity index (χ0v) is 11.4. The van der Waals surface area contributed by atoms with Crippen LogP contribution in [0.5, 0.6) is 0 Å². The van der Waals surface area contributed by atoms with Gasteiger partial charge in [-0.05, 0) is 12.1 Å². The number of hydrogen-bond acceptors (Lipinski definition) is 4. The van der Waals surface area contributed by atoms with E-state index in [1.807, 2.05) is 0 Å². The Morgan fingerprint density at radius 3 is 2.57 bits per heavy atom. The monoisotopic (exact) mass is 326 g/mol. The standard InChI is InChI=1S/C11H10F4N2O3S/c1-6(18)16-8-3-2-7(4-9(8)17(19)20)21-5-11(14,15)10(12)13/h2-4,10H,5H2,1H3,(H,16,18). The average Bonchev–Trinajstić information content (AvgIpc) is 2.36. The van der Waals surface area contributed by atoms with Gasteiger partial charge in [0, 0.05) is 17.9 Å². The molecule has 0 saturated heterocycles. The number of halogens is 4. The predicted octanol–water partition coefficient (Wildman–Crippen LogP) is 3.55. The van der Waals surface area contributed by atoms with E-state index in [4.69, 9.17) is 0 Å². The molecule has 0 aromatic heterocycles. The molecular formula is C11H10F4N2O3S. The zero-order chi connectivity index (χ0) is 16.2. The quantitative estimate of drug-likeness (QED) is 0.375. The number of benzene rings is 1. The first-order chi connectivity index (χ1) is 9.63. The number of carbonyl (C=O) groups is 1. The molecule has 116 valence electrons. The molecule has 0 heterocycles. The van der Waals surface area contributed by atoms with E-state index >= 15 is 0 Å². The maximum absolute atomic E-state index is 12.8. The summed E-state index contributed by atoms with van der Waals surface area (Å²) in [5, 5.41) is 13.1. The van der Waals surface area contributed by atoms with Gasteiger partial charge in [-0.25, -0.2) is 8.78 Å². The predicted molar refractivity (Wildman–Crippen MR) is 69.1 cm³/mol. The van der Waals surface area contributed by atoms with Gasteiger partial charge in [-0.15, -0.1) is 11.8 Å². The SMILES string of the molecule is CC(=O)Nc1ccc(SCC(F)(F)C(F)F)cc1[N+](=O)[O-]. The topological polar surface area (TPSA) is 72.2 Å². The minimum atomic E-state index is -4.18. The third kappa shape index (κ3) is 4.88. The number of carbonyl (C=O) groups excluding carboxylic acids is 1. The highest BCUT2D eigenvalue weighted by Crippen LogP contribution is 2.34. The molecule has 0 unspecified atom stereocenters. The van der Waals surface area contributed by atoms with Crippen molar-refractivity contribution in [2.75, 3.05) is 11.1 Å². The van der Waals surface area contributed by atoms with E-state index in [9.17, 15) is 32.5 Å². The van der Waals surface area contributed by atoms with E-state index < -0.39 is 34.6 Å². The molecule has 1 rings (SSSR count). The Bertz CT molecular complexity index is 554. The fourth-order valence-corrected chi connectivity index (χ4v) is 2.13. The van der Waals surface area contributed by atoms with Gasteiger partial charge in [0.1, 0.15) is 5.69 Å². The first kappa shape index (κ1) is 17.2. The number of nitrogens with zero attached hydrogens (tertiary/aromatic N) is 1. The summed E-state index contributed by atoms with van der Waals surface area (Å²) < 4.78 is 49.6. The Labute approximate surface area is 120 Å². The Balaban J connectivity index is 2.93. The van der Waals surface area contributed by atoms with Crippen molar-refractivity contribution in [2.45, 2.75) is 24.2 Å². The van der Waals surface area contributed by atoms with Crippen LogP contribution in [0.15, 0.2) is 23.1 Å². The third-order valence-corrected chi connectivity index (χ3v) is 3.34. The Hall–Kier alpha value is -1.84. The molecule has 21 heavy (non-hydrogen) atoms. The summed E-state index contributed by atoms with van der Waals surface area (Å²) in [6.45, 7) is 1.15. The second-order valence-corrected chi connectivity index (χ2v) is 5.02. The number of anilines is 1. The average molecular weight is 326 g/mol. The van der Waals surface area contributed by atoms with Gasteiger partial charge in [0.25, 0.3) is 5.69 Å². The van der Waals surface area contributed by atoms with Gasteiger partial charge in [-0.2, -0.15) is 8.78 Å². The third-order valence-electron chi connectivity index (χ3n) is 2.23. The van der Waals surface area contributed by atoms with Crippen molar-refractivity contribution < 1.29 is 27.3 Å². The number of rotatable bonds is 6. The molecule has 0 spiro atoms. The second kappa shape index (κ2) is 6.74. The molecular weight excluding hydrogens is 316 g/mol. The van der Waals surface area contributed by atoms with Gasteiger partial charge in [0.15, 0.2) is 0 Å². The summed E-state index contributed by atoms with van der Waals surface area (Å²) in [6, 6.07) is 3.32. The minimum absolute atomic E-state index is 0.0242. The maximum atomic E-state index is 12.8. The molecule has 1 N–H and O–H groups in total. The molecule has 0 atom stereocenters. The van der Waals surface area contributed by atoms with Gasteiger partial charge in [0.2, 0.25) is 5.91 Å². The lowest BCUT2D eigenvalue weighted by Crippen LogP contribution is -2.29. The van der Waals surface area contributed by atoms with E-state index in [1.54, 1.807) is 0 Å². The van der Waals surface area contributed by atoms with Crippen LogP contribution in [0.25, 0.3) is 0 Å². The summed E-state index contributed by atoms with van der Waals surface area (Å²) in [5.74, 6) is -5.93. The number of alkyl halides is 4. The van der Waals surface area contributed by atoms with E-state index in [0.717, 1.165) is 19.1 Å². The molecule has 0 radical (unpaired) electrons. The van der Waals surface area contributed by atoms with Crippen molar-refractivity contribution in [3.8, 4) is 0 Å². The van der Waals surface area contributed by atoms with Crippen LogP contribution in [-0.2, 0) is 4.79 Å². The lowest BCUT2D eigenvalue weighted by Gasteiger charge is -2.14. The smallest absolute Gasteiger partial charge is 0.316 e. The molecule has 0 aliphatic carbocycles. The number of amides is 1. The van der Waals surface area contributed by atoms with Crippen LogP contribution in [0.2, 0.25) is 0 Å². The van der Waals surface area contributed by atoms with Crippen molar-refractivity contribution in [3.05, 3.63) is 28.3 Å². The highest BCUT2D eigenvalue weighted by Gasteiger charge is 2.40. The number of thioether (sulfide) groups is 1. The molecule has 1 aromatic rings. The normalized spacial score (nSPS) is 11.5. The van der Waals surface area contributed by atoms with Gasteiger partial charge < -0.3 is 5.32 Å². The van der Waals surface area contributed by atoms with E-state index in [2.05, 4.69) is 5.32 Å². The largest absolute Gasteiger partial charge is 0.321 e. The van der Waals surface area contributed by atoms with Crippen molar-refractivity contribution >= 4 is 29.0 Å². The van der Waals surface area contributed by atoms with Crippen LogP contribution < -0.4 is 5.32 Å². The fourth-order valence-electron chi connectivity index (χ4n) is 1.29.